The summed E-state index contributed by atoms with van der Waals surface area (Å²) >= 11 is 0. The van der Waals surface area contributed by atoms with Crippen LogP contribution in [0.5, 0.6) is 0 Å². The summed E-state index contributed by atoms with van der Waals surface area (Å²) in [5.74, 6) is 0. The molecule has 1 aromatic heterocycles. The maximum atomic E-state index is 4.29. The molecule has 0 spiro atoms. The predicted molar refractivity (Wildman–Crippen MR) is 79.0 cm³/mol. The third-order valence-electron chi connectivity index (χ3n) is 2.96. The topological polar surface area (TPSA) is 28.2 Å². The van der Waals surface area contributed by atoms with Crippen LogP contribution in [0.1, 0.15) is 45.6 Å². The molecule has 0 atom stereocenters. The molecule has 0 aromatic carbocycles. The molecule has 1 N–H and O–H groups in total. The van der Waals surface area contributed by atoms with Crippen molar-refractivity contribution in [3.05, 3.63) is 24.0 Å². The fourth-order valence-corrected chi connectivity index (χ4v) is 2.14. The molecule has 0 saturated carbocycles. The van der Waals surface area contributed by atoms with Crippen LogP contribution in [0.2, 0.25) is 0 Å². The zero-order chi connectivity index (χ0) is 13.2. The molecule has 0 saturated heterocycles. The van der Waals surface area contributed by atoms with Gasteiger partial charge in [0, 0.05) is 25.8 Å². The zero-order valence-corrected chi connectivity index (χ0v) is 12.1. The average Bonchev–Trinajstić information content (AvgIpc) is 2.39. The molecule has 0 aliphatic rings. The predicted octanol–water partition coefficient (Wildman–Crippen LogP) is 3.21. The Kier molecular flexibility index (Phi) is 7.42. The summed E-state index contributed by atoms with van der Waals surface area (Å²) in [6.07, 6.45) is 7.43. The highest BCUT2D eigenvalue weighted by Crippen LogP contribution is 2.19. The van der Waals surface area contributed by atoms with Gasteiger partial charge < -0.3 is 10.2 Å². The van der Waals surface area contributed by atoms with E-state index in [1.165, 1.54) is 30.5 Å². The molecule has 0 fully saturated rings. The molecule has 3 heteroatoms. The average molecular weight is 249 g/mol. The molecule has 0 aliphatic carbocycles. The van der Waals surface area contributed by atoms with Gasteiger partial charge in [-0.2, -0.15) is 0 Å². The van der Waals surface area contributed by atoms with Crippen LogP contribution in [-0.2, 0) is 6.54 Å². The van der Waals surface area contributed by atoms with Crippen molar-refractivity contribution in [2.45, 2.75) is 46.6 Å². The first-order chi connectivity index (χ1) is 8.83. The lowest BCUT2D eigenvalue weighted by atomic mass is 10.2. The molecule has 0 unspecified atom stereocenters. The third-order valence-corrected chi connectivity index (χ3v) is 2.96. The van der Waals surface area contributed by atoms with E-state index in [4.69, 9.17) is 0 Å². The fourth-order valence-electron chi connectivity index (χ4n) is 2.14. The highest BCUT2D eigenvalue weighted by molar-refractivity contribution is 5.51. The van der Waals surface area contributed by atoms with E-state index in [0.29, 0.717) is 0 Å². The van der Waals surface area contributed by atoms with Gasteiger partial charge in [-0.3, -0.25) is 4.98 Å². The molecule has 0 aliphatic heterocycles. The molecule has 1 rings (SSSR count). The minimum absolute atomic E-state index is 0.940. The molecular formula is C15H27N3. The summed E-state index contributed by atoms with van der Waals surface area (Å²) in [7, 11) is 0. The van der Waals surface area contributed by atoms with Crippen molar-refractivity contribution in [1.29, 1.82) is 0 Å². The molecule has 0 radical (unpaired) electrons. The lowest BCUT2D eigenvalue weighted by Gasteiger charge is -2.26. The maximum Gasteiger partial charge on any atom is 0.0598 e. The molecule has 1 heterocycles. The molecular weight excluding hydrogens is 222 g/mol. The van der Waals surface area contributed by atoms with Crippen LogP contribution in [0.15, 0.2) is 18.5 Å². The molecule has 18 heavy (non-hydrogen) atoms. The number of hydrogen-bond acceptors (Lipinski definition) is 3. The Morgan fingerprint density at radius 3 is 2.44 bits per heavy atom. The Bertz CT molecular complexity index is 319. The summed E-state index contributed by atoms with van der Waals surface area (Å²) in [4.78, 5) is 6.74. The van der Waals surface area contributed by atoms with Crippen LogP contribution < -0.4 is 10.2 Å². The number of hydrogen-bond donors (Lipinski definition) is 1. The van der Waals surface area contributed by atoms with Crippen LogP contribution in [0.25, 0.3) is 0 Å². The summed E-state index contributed by atoms with van der Waals surface area (Å²) in [5.41, 5.74) is 2.66. The van der Waals surface area contributed by atoms with Gasteiger partial charge in [-0.15, -0.1) is 0 Å². The maximum absolute atomic E-state index is 4.29. The van der Waals surface area contributed by atoms with E-state index in [9.17, 15) is 0 Å². The Balaban J connectivity index is 2.76. The van der Waals surface area contributed by atoms with E-state index in [2.05, 4.69) is 42.0 Å². The highest BCUT2D eigenvalue weighted by Gasteiger charge is 2.09. The lowest BCUT2D eigenvalue weighted by Crippen LogP contribution is -2.27. The minimum Gasteiger partial charge on any atom is -0.370 e. The number of pyridine rings is 1. The minimum atomic E-state index is 0.940. The zero-order valence-electron chi connectivity index (χ0n) is 12.1. The Morgan fingerprint density at radius 2 is 1.83 bits per heavy atom. The van der Waals surface area contributed by atoms with Crippen molar-refractivity contribution in [2.24, 2.45) is 0 Å². The van der Waals surface area contributed by atoms with Gasteiger partial charge in [0.15, 0.2) is 0 Å². The smallest absolute Gasteiger partial charge is 0.0598 e. The van der Waals surface area contributed by atoms with Gasteiger partial charge in [0.1, 0.15) is 0 Å². The summed E-state index contributed by atoms with van der Waals surface area (Å²) in [6.45, 7) is 10.9. The van der Waals surface area contributed by atoms with Crippen LogP contribution in [-0.4, -0.2) is 24.6 Å². The first-order valence-electron chi connectivity index (χ1n) is 7.22. The number of anilines is 1. The second-order valence-corrected chi connectivity index (χ2v) is 4.67. The SMILES string of the molecule is CCCNCc1ccncc1N(CCC)CCC. The number of aromatic nitrogens is 1. The van der Waals surface area contributed by atoms with Gasteiger partial charge in [-0.05, 0) is 37.4 Å². The second kappa shape index (κ2) is 8.92. The quantitative estimate of drug-likeness (QED) is 0.681. The van der Waals surface area contributed by atoms with Crippen molar-refractivity contribution < 1.29 is 0 Å². The number of nitrogens with zero attached hydrogens (tertiary/aromatic N) is 2. The van der Waals surface area contributed by atoms with Crippen molar-refractivity contribution in [1.82, 2.24) is 10.3 Å². The van der Waals surface area contributed by atoms with E-state index in [1.54, 1.807) is 0 Å². The third kappa shape index (κ3) is 4.65. The van der Waals surface area contributed by atoms with Crippen LogP contribution in [0, 0.1) is 0 Å². The van der Waals surface area contributed by atoms with Crippen molar-refractivity contribution in [2.75, 3.05) is 24.5 Å². The molecule has 102 valence electrons. The second-order valence-electron chi connectivity index (χ2n) is 4.67. The Morgan fingerprint density at radius 1 is 1.11 bits per heavy atom. The number of nitrogens with one attached hydrogen (secondary N) is 1. The van der Waals surface area contributed by atoms with Gasteiger partial charge in [-0.25, -0.2) is 0 Å². The van der Waals surface area contributed by atoms with E-state index in [0.717, 1.165) is 26.2 Å². The highest BCUT2D eigenvalue weighted by atomic mass is 15.1. The first kappa shape index (κ1) is 15.0. The monoisotopic (exact) mass is 249 g/mol. The normalized spacial score (nSPS) is 10.6. The molecule has 1 aromatic rings. The van der Waals surface area contributed by atoms with E-state index in [-0.39, 0.29) is 0 Å². The Labute approximate surface area is 112 Å². The van der Waals surface area contributed by atoms with Gasteiger partial charge >= 0.3 is 0 Å². The summed E-state index contributed by atoms with van der Waals surface area (Å²) < 4.78 is 0. The molecule has 3 nitrogen and oxygen atoms in total. The van der Waals surface area contributed by atoms with Crippen molar-refractivity contribution >= 4 is 5.69 Å². The van der Waals surface area contributed by atoms with Gasteiger partial charge in [-0.1, -0.05) is 20.8 Å². The van der Waals surface area contributed by atoms with Gasteiger partial charge in [0.05, 0.1) is 11.9 Å². The van der Waals surface area contributed by atoms with Crippen molar-refractivity contribution in [3.8, 4) is 0 Å². The van der Waals surface area contributed by atoms with Crippen molar-refractivity contribution in [3.63, 3.8) is 0 Å². The number of rotatable bonds is 9. The summed E-state index contributed by atoms with van der Waals surface area (Å²) in [5, 5.41) is 3.48. The van der Waals surface area contributed by atoms with Crippen LogP contribution in [0.3, 0.4) is 0 Å². The van der Waals surface area contributed by atoms with E-state index >= 15 is 0 Å². The standard InChI is InChI=1S/C15H27N3/c1-4-8-16-12-14-7-9-17-13-15(14)18(10-5-2)11-6-3/h7,9,13,16H,4-6,8,10-12H2,1-3H3. The lowest BCUT2D eigenvalue weighted by molar-refractivity contribution is 0.668. The molecule has 0 amide bonds. The Hall–Kier alpha value is -1.09. The largest absolute Gasteiger partial charge is 0.370 e. The molecule has 0 bridgehead atoms. The summed E-state index contributed by atoms with van der Waals surface area (Å²) in [6, 6.07) is 2.14. The van der Waals surface area contributed by atoms with Crippen LogP contribution in [0.4, 0.5) is 5.69 Å². The fraction of sp³-hybridized carbons (Fsp3) is 0.667. The van der Waals surface area contributed by atoms with Crippen LogP contribution >= 0.6 is 0 Å². The first-order valence-corrected chi connectivity index (χ1v) is 7.22. The van der Waals surface area contributed by atoms with Gasteiger partial charge in [0.25, 0.3) is 0 Å². The van der Waals surface area contributed by atoms with Gasteiger partial charge in [0.2, 0.25) is 0 Å². The van der Waals surface area contributed by atoms with E-state index in [1.807, 2.05) is 12.4 Å². The van der Waals surface area contributed by atoms with E-state index < -0.39 is 0 Å².